The van der Waals surface area contributed by atoms with Gasteiger partial charge >= 0.3 is 0 Å². The summed E-state index contributed by atoms with van der Waals surface area (Å²) in [6.45, 7) is 4.79. The summed E-state index contributed by atoms with van der Waals surface area (Å²) in [5.41, 5.74) is 0.763. The van der Waals surface area contributed by atoms with Gasteiger partial charge in [-0.1, -0.05) is 26.0 Å². The van der Waals surface area contributed by atoms with Gasteiger partial charge in [0.15, 0.2) is 5.11 Å². The van der Waals surface area contributed by atoms with Crippen LogP contribution in [-0.4, -0.2) is 23.5 Å². The number of hydrogen-bond acceptors (Lipinski definition) is 4. The van der Waals surface area contributed by atoms with E-state index in [1.807, 2.05) is 0 Å². The van der Waals surface area contributed by atoms with Crippen LogP contribution in [0.3, 0.4) is 0 Å². The van der Waals surface area contributed by atoms with Gasteiger partial charge < -0.3 is 4.74 Å². The molecule has 110 valence electrons. The molecule has 1 aromatic rings. The van der Waals surface area contributed by atoms with Gasteiger partial charge in [-0.15, -0.1) is 0 Å². The van der Waals surface area contributed by atoms with Crippen molar-refractivity contribution in [1.29, 1.82) is 0 Å². The Morgan fingerprint density at radius 3 is 2.24 bits per heavy atom. The predicted molar refractivity (Wildman–Crippen MR) is 83.6 cm³/mol. The molecule has 2 amide bonds. The molecule has 5 nitrogen and oxygen atoms in total. The summed E-state index contributed by atoms with van der Waals surface area (Å²) >= 11 is 4.74. The number of carbonyl (C=O) groups is 2. The molecule has 1 saturated heterocycles. The van der Waals surface area contributed by atoms with Crippen molar-refractivity contribution in [3.63, 3.8) is 0 Å². The molecule has 0 unspecified atom stereocenters. The van der Waals surface area contributed by atoms with Crippen LogP contribution in [0, 0.1) is 5.92 Å². The van der Waals surface area contributed by atoms with Crippen molar-refractivity contribution >= 4 is 35.2 Å². The van der Waals surface area contributed by atoms with Gasteiger partial charge in [-0.2, -0.15) is 0 Å². The van der Waals surface area contributed by atoms with Gasteiger partial charge in [0, 0.05) is 0 Å². The molecule has 1 aliphatic rings. The molecular weight excluding hydrogens is 288 g/mol. The van der Waals surface area contributed by atoms with Crippen LogP contribution in [0.2, 0.25) is 0 Å². The van der Waals surface area contributed by atoms with Gasteiger partial charge in [0.05, 0.1) is 6.61 Å². The van der Waals surface area contributed by atoms with Crippen LogP contribution < -0.4 is 15.4 Å². The van der Waals surface area contributed by atoms with E-state index in [-0.39, 0.29) is 10.7 Å². The number of thiocarbonyl (C=S) groups is 1. The largest absolute Gasteiger partial charge is 0.493 e. The third-order valence-electron chi connectivity index (χ3n) is 2.72. The fraction of sp³-hybridized carbons (Fsp3) is 0.267. The Morgan fingerprint density at radius 1 is 1.14 bits per heavy atom. The number of ether oxygens (including phenoxy) is 1. The van der Waals surface area contributed by atoms with E-state index < -0.39 is 11.8 Å². The molecule has 0 aliphatic carbocycles. The van der Waals surface area contributed by atoms with Crippen LogP contribution in [0.5, 0.6) is 5.75 Å². The van der Waals surface area contributed by atoms with Crippen molar-refractivity contribution in [2.24, 2.45) is 5.92 Å². The SMILES string of the molecule is CC(C)COc1ccc(C=C2C(=O)NC(=S)NC2=O)cc1. The zero-order chi connectivity index (χ0) is 15.4. The molecule has 1 heterocycles. The minimum atomic E-state index is -0.496. The number of carbonyl (C=O) groups excluding carboxylic acids is 2. The number of rotatable bonds is 4. The van der Waals surface area contributed by atoms with Crippen molar-refractivity contribution < 1.29 is 14.3 Å². The van der Waals surface area contributed by atoms with Crippen LogP contribution in [0.4, 0.5) is 0 Å². The van der Waals surface area contributed by atoms with Gasteiger partial charge in [-0.25, -0.2) is 0 Å². The molecule has 0 spiro atoms. The highest BCUT2D eigenvalue weighted by atomic mass is 32.1. The minimum Gasteiger partial charge on any atom is -0.493 e. The summed E-state index contributed by atoms with van der Waals surface area (Å²) in [5, 5.41) is 4.81. The predicted octanol–water partition coefficient (Wildman–Crippen LogP) is 1.64. The topological polar surface area (TPSA) is 67.4 Å². The molecule has 0 bridgehead atoms. The number of nitrogens with one attached hydrogen (secondary N) is 2. The highest BCUT2D eigenvalue weighted by molar-refractivity contribution is 7.80. The lowest BCUT2D eigenvalue weighted by molar-refractivity contribution is -0.123. The van der Waals surface area contributed by atoms with Crippen LogP contribution in [0.25, 0.3) is 6.08 Å². The monoisotopic (exact) mass is 304 g/mol. The van der Waals surface area contributed by atoms with E-state index in [1.54, 1.807) is 24.3 Å². The number of amides is 2. The van der Waals surface area contributed by atoms with Crippen LogP contribution in [0.15, 0.2) is 29.8 Å². The van der Waals surface area contributed by atoms with E-state index in [9.17, 15) is 9.59 Å². The Morgan fingerprint density at radius 2 is 1.71 bits per heavy atom. The number of hydrogen-bond donors (Lipinski definition) is 2. The van der Waals surface area contributed by atoms with E-state index in [0.717, 1.165) is 11.3 Å². The Kier molecular flexibility index (Phi) is 4.70. The van der Waals surface area contributed by atoms with Gasteiger partial charge in [0.2, 0.25) is 0 Å². The molecule has 1 aromatic carbocycles. The lowest BCUT2D eigenvalue weighted by Crippen LogP contribution is -2.51. The van der Waals surface area contributed by atoms with Crippen molar-refractivity contribution in [1.82, 2.24) is 10.6 Å². The van der Waals surface area contributed by atoms with Gasteiger partial charge in [-0.3, -0.25) is 20.2 Å². The maximum absolute atomic E-state index is 11.7. The van der Waals surface area contributed by atoms with E-state index in [1.165, 1.54) is 6.08 Å². The highest BCUT2D eigenvalue weighted by Gasteiger charge is 2.25. The van der Waals surface area contributed by atoms with Crippen molar-refractivity contribution in [2.75, 3.05) is 6.61 Å². The van der Waals surface area contributed by atoms with Gasteiger partial charge in [-0.05, 0) is 41.9 Å². The first-order valence-corrected chi connectivity index (χ1v) is 6.98. The molecule has 1 fully saturated rings. The van der Waals surface area contributed by atoms with E-state index in [4.69, 9.17) is 17.0 Å². The third-order valence-corrected chi connectivity index (χ3v) is 2.92. The second kappa shape index (κ2) is 6.49. The van der Waals surface area contributed by atoms with Crippen LogP contribution >= 0.6 is 12.2 Å². The summed E-state index contributed by atoms with van der Waals surface area (Å²) in [4.78, 5) is 23.4. The molecule has 0 atom stereocenters. The van der Waals surface area contributed by atoms with E-state index in [2.05, 4.69) is 24.5 Å². The molecular formula is C15H16N2O3S. The zero-order valence-corrected chi connectivity index (χ0v) is 12.6. The van der Waals surface area contributed by atoms with Crippen LogP contribution in [-0.2, 0) is 9.59 Å². The first-order chi connectivity index (χ1) is 9.95. The van der Waals surface area contributed by atoms with E-state index in [0.29, 0.717) is 12.5 Å². The lowest BCUT2D eigenvalue weighted by atomic mass is 10.1. The Labute approximate surface area is 128 Å². The normalized spacial score (nSPS) is 14.8. The molecule has 0 saturated carbocycles. The van der Waals surface area contributed by atoms with Gasteiger partial charge in [0.1, 0.15) is 11.3 Å². The average molecular weight is 304 g/mol. The second-order valence-electron chi connectivity index (χ2n) is 5.07. The summed E-state index contributed by atoms with van der Waals surface area (Å²) < 4.78 is 5.57. The molecule has 6 heteroatoms. The fourth-order valence-corrected chi connectivity index (χ4v) is 1.88. The van der Waals surface area contributed by atoms with Crippen molar-refractivity contribution in [3.05, 3.63) is 35.4 Å². The quantitative estimate of drug-likeness (QED) is 0.504. The lowest BCUT2D eigenvalue weighted by Gasteiger charge is -2.16. The second-order valence-corrected chi connectivity index (χ2v) is 5.48. The zero-order valence-electron chi connectivity index (χ0n) is 11.8. The Hall–Kier alpha value is -2.21. The van der Waals surface area contributed by atoms with Crippen molar-refractivity contribution in [3.8, 4) is 5.75 Å². The first-order valence-electron chi connectivity index (χ1n) is 6.57. The molecule has 0 radical (unpaired) electrons. The molecule has 2 rings (SSSR count). The average Bonchev–Trinajstić information content (AvgIpc) is 2.41. The molecule has 0 aromatic heterocycles. The summed E-state index contributed by atoms with van der Waals surface area (Å²) in [6, 6.07) is 7.18. The Balaban J connectivity index is 2.12. The van der Waals surface area contributed by atoms with Crippen molar-refractivity contribution in [2.45, 2.75) is 13.8 Å². The third kappa shape index (κ3) is 4.13. The molecule has 2 N–H and O–H groups in total. The smallest absolute Gasteiger partial charge is 0.263 e. The standard InChI is InChI=1S/C15H16N2O3S/c1-9(2)8-20-11-5-3-10(4-6-11)7-12-13(18)16-15(21)17-14(12)19/h3-7,9H,8H2,1-2H3,(H2,16,17,18,19,21). The molecule has 21 heavy (non-hydrogen) atoms. The maximum atomic E-state index is 11.7. The van der Waals surface area contributed by atoms with E-state index >= 15 is 0 Å². The summed E-state index contributed by atoms with van der Waals surface area (Å²) in [6.07, 6.45) is 1.51. The minimum absolute atomic E-state index is 0.0273. The molecule has 1 aliphatic heterocycles. The summed E-state index contributed by atoms with van der Waals surface area (Å²) in [7, 11) is 0. The van der Waals surface area contributed by atoms with Gasteiger partial charge in [0.25, 0.3) is 11.8 Å². The highest BCUT2D eigenvalue weighted by Crippen LogP contribution is 2.16. The first kappa shape index (κ1) is 15.2. The summed E-state index contributed by atoms with van der Waals surface area (Å²) in [5.74, 6) is 0.211. The maximum Gasteiger partial charge on any atom is 0.263 e. The fourth-order valence-electron chi connectivity index (χ4n) is 1.70. The Bertz CT molecular complexity index is 584. The number of benzene rings is 1. The van der Waals surface area contributed by atoms with Crippen LogP contribution in [0.1, 0.15) is 19.4 Å².